The first-order valence-corrected chi connectivity index (χ1v) is 7.07. The van der Waals surface area contributed by atoms with E-state index in [1.165, 1.54) is 19.3 Å². The lowest BCUT2D eigenvalue weighted by molar-refractivity contribution is -0.126. The highest BCUT2D eigenvalue weighted by molar-refractivity contribution is 5.78. The number of amides is 1. The van der Waals surface area contributed by atoms with Crippen molar-refractivity contribution >= 4 is 5.91 Å². The molecule has 4 heteroatoms. The van der Waals surface area contributed by atoms with Crippen molar-refractivity contribution in [3.63, 3.8) is 0 Å². The van der Waals surface area contributed by atoms with Crippen LogP contribution in [0.25, 0.3) is 0 Å². The second kappa shape index (κ2) is 5.71. The topological polar surface area (TPSA) is 64.9 Å². The lowest BCUT2D eigenvalue weighted by Crippen LogP contribution is -2.47. The predicted octanol–water partition coefficient (Wildman–Crippen LogP) is 1.57. The molecule has 0 aromatic heterocycles. The van der Waals surface area contributed by atoms with Crippen molar-refractivity contribution in [1.82, 2.24) is 10.6 Å². The number of nitriles is 1. The van der Waals surface area contributed by atoms with Crippen LogP contribution in [0.1, 0.15) is 44.9 Å². The molecule has 0 aliphatic heterocycles. The van der Waals surface area contributed by atoms with Crippen LogP contribution in [-0.4, -0.2) is 25.0 Å². The molecule has 1 amide bonds. The SMILES string of the molecule is CNC1(C#N)CCC(C(=O)NCC2CCC2)CC1. The first kappa shape index (κ1) is 13.4. The minimum absolute atomic E-state index is 0.111. The maximum Gasteiger partial charge on any atom is 0.223 e. The molecule has 2 fully saturated rings. The second-order valence-corrected chi connectivity index (χ2v) is 5.76. The van der Waals surface area contributed by atoms with Crippen LogP contribution < -0.4 is 10.6 Å². The standard InChI is InChI=1S/C14H23N3O/c1-16-14(10-15)7-5-12(6-8-14)13(18)17-9-11-3-2-4-11/h11-12,16H,2-9H2,1H3,(H,17,18). The van der Waals surface area contributed by atoms with Crippen LogP contribution in [0.2, 0.25) is 0 Å². The molecular formula is C14H23N3O. The molecule has 0 bridgehead atoms. The van der Waals surface area contributed by atoms with Gasteiger partial charge in [-0.2, -0.15) is 5.26 Å². The zero-order valence-corrected chi connectivity index (χ0v) is 11.2. The van der Waals surface area contributed by atoms with Crippen LogP contribution >= 0.6 is 0 Å². The molecule has 0 aromatic rings. The second-order valence-electron chi connectivity index (χ2n) is 5.76. The summed E-state index contributed by atoms with van der Waals surface area (Å²) in [7, 11) is 1.83. The van der Waals surface area contributed by atoms with Gasteiger partial charge in [0.05, 0.1) is 6.07 Å². The summed E-state index contributed by atoms with van der Waals surface area (Å²) >= 11 is 0. The molecule has 2 rings (SSSR count). The van der Waals surface area contributed by atoms with E-state index in [0.717, 1.165) is 32.2 Å². The monoisotopic (exact) mass is 249 g/mol. The minimum atomic E-state index is -0.398. The van der Waals surface area contributed by atoms with Crippen molar-refractivity contribution < 1.29 is 4.79 Å². The van der Waals surface area contributed by atoms with Gasteiger partial charge < -0.3 is 10.6 Å². The zero-order chi connectivity index (χ0) is 13.0. The van der Waals surface area contributed by atoms with Crippen molar-refractivity contribution in [2.45, 2.75) is 50.5 Å². The van der Waals surface area contributed by atoms with Gasteiger partial charge >= 0.3 is 0 Å². The van der Waals surface area contributed by atoms with Gasteiger partial charge in [0.25, 0.3) is 0 Å². The summed E-state index contributed by atoms with van der Waals surface area (Å²) in [5, 5.41) is 15.3. The number of hydrogen-bond donors (Lipinski definition) is 2. The molecule has 2 N–H and O–H groups in total. The molecule has 100 valence electrons. The highest BCUT2D eigenvalue weighted by atomic mass is 16.1. The van der Waals surface area contributed by atoms with Crippen LogP contribution in [0.3, 0.4) is 0 Å². The predicted molar refractivity (Wildman–Crippen MR) is 69.7 cm³/mol. The molecule has 0 aromatic carbocycles. The lowest BCUT2D eigenvalue weighted by Gasteiger charge is -2.34. The van der Waals surface area contributed by atoms with E-state index >= 15 is 0 Å². The third-order valence-electron chi connectivity index (χ3n) is 4.69. The summed E-state index contributed by atoms with van der Waals surface area (Å²) in [4.78, 5) is 12.0. The Morgan fingerprint density at radius 3 is 2.44 bits per heavy atom. The summed E-state index contributed by atoms with van der Waals surface area (Å²) in [5.74, 6) is 1.03. The number of rotatable bonds is 4. The highest BCUT2D eigenvalue weighted by Crippen LogP contribution is 2.32. The van der Waals surface area contributed by atoms with Crippen molar-refractivity contribution in [1.29, 1.82) is 5.26 Å². The number of hydrogen-bond acceptors (Lipinski definition) is 3. The fourth-order valence-electron chi connectivity index (χ4n) is 2.88. The fourth-order valence-corrected chi connectivity index (χ4v) is 2.88. The van der Waals surface area contributed by atoms with Crippen molar-refractivity contribution in [3.05, 3.63) is 0 Å². The maximum absolute atomic E-state index is 12.0. The van der Waals surface area contributed by atoms with Crippen molar-refractivity contribution in [2.24, 2.45) is 11.8 Å². The van der Waals surface area contributed by atoms with Crippen LogP contribution in [0.4, 0.5) is 0 Å². The van der Waals surface area contributed by atoms with Gasteiger partial charge in [-0.3, -0.25) is 4.79 Å². The number of nitrogens with one attached hydrogen (secondary N) is 2. The normalized spacial score (nSPS) is 32.3. The highest BCUT2D eigenvalue weighted by Gasteiger charge is 2.36. The molecule has 0 atom stereocenters. The van der Waals surface area contributed by atoms with Crippen LogP contribution in [0, 0.1) is 23.2 Å². The van der Waals surface area contributed by atoms with E-state index in [1.807, 2.05) is 7.05 Å². The Kier molecular flexibility index (Phi) is 4.23. The Morgan fingerprint density at radius 1 is 1.33 bits per heavy atom. The fraction of sp³-hybridized carbons (Fsp3) is 0.857. The summed E-state index contributed by atoms with van der Waals surface area (Å²) in [5.41, 5.74) is -0.398. The van der Waals surface area contributed by atoms with E-state index in [2.05, 4.69) is 16.7 Å². The smallest absolute Gasteiger partial charge is 0.223 e. The average molecular weight is 249 g/mol. The molecule has 18 heavy (non-hydrogen) atoms. The number of carbonyl (C=O) groups excluding carboxylic acids is 1. The third kappa shape index (κ3) is 2.84. The molecule has 0 saturated heterocycles. The molecule has 0 radical (unpaired) electrons. The molecule has 0 unspecified atom stereocenters. The van der Waals surface area contributed by atoms with Gasteiger partial charge in [-0.1, -0.05) is 6.42 Å². The third-order valence-corrected chi connectivity index (χ3v) is 4.69. The Labute approximate surface area is 109 Å². The van der Waals surface area contributed by atoms with Gasteiger partial charge in [0, 0.05) is 12.5 Å². The Balaban J connectivity index is 1.74. The quantitative estimate of drug-likeness (QED) is 0.795. The Hall–Kier alpha value is -1.08. The molecule has 2 saturated carbocycles. The van der Waals surface area contributed by atoms with E-state index in [-0.39, 0.29) is 11.8 Å². The molecular weight excluding hydrogens is 226 g/mol. The molecule has 2 aliphatic rings. The first-order chi connectivity index (χ1) is 8.69. The van der Waals surface area contributed by atoms with Gasteiger partial charge in [0.2, 0.25) is 5.91 Å². The van der Waals surface area contributed by atoms with Crippen LogP contribution in [-0.2, 0) is 4.79 Å². The van der Waals surface area contributed by atoms with E-state index < -0.39 is 5.54 Å². The maximum atomic E-state index is 12.0. The van der Waals surface area contributed by atoms with Crippen molar-refractivity contribution in [3.8, 4) is 6.07 Å². The van der Waals surface area contributed by atoms with Crippen LogP contribution in [0.15, 0.2) is 0 Å². The molecule has 0 heterocycles. The van der Waals surface area contributed by atoms with Gasteiger partial charge in [-0.15, -0.1) is 0 Å². The van der Waals surface area contributed by atoms with Crippen LogP contribution in [0.5, 0.6) is 0 Å². The van der Waals surface area contributed by atoms with Gasteiger partial charge in [-0.05, 0) is 51.5 Å². The Morgan fingerprint density at radius 2 is 2.00 bits per heavy atom. The van der Waals surface area contributed by atoms with E-state index in [9.17, 15) is 4.79 Å². The summed E-state index contributed by atoms with van der Waals surface area (Å²) in [6.45, 7) is 0.852. The largest absolute Gasteiger partial charge is 0.356 e. The van der Waals surface area contributed by atoms with Gasteiger partial charge in [0.1, 0.15) is 5.54 Å². The zero-order valence-electron chi connectivity index (χ0n) is 11.2. The average Bonchev–Trinajstić information content (AvgIpc) is 2.37. The summed E-state index contributed by atoms with van der Waals surface area (Å²) < 4.78 is 0. The van der Waals surface area contributed by atoms with E-state index in [4.69, 9.17) is 5.26 Å². The van der Waals surface area contributed by atoms with Gasteiger partial charge in [-0.25, -0.2) is 0 Å². The number of carbonyl (C=O) groups is 1. The molecule has 4 nitrogen and oxygen atoms in total. The first-order valence-electron chi connectivity index (χ1n) is 7.07. The number of nitrogens with zero attached hydrogens (tertiary/aromatic N) is 1. The van der Waals surface area contributed by atoms with E-state index in [1.54, 1.807) is 0 Å². The minimum Gasteiger partial charge on any atom is -0.356 e. The summed E-state index contributed by atoms with van der Waals surface area (Å²) in [6, 6.07) is 2.35. The Bertz CT molecular complexity index is 335. The van der Waals surface area contributed by atoms with Gasteiger partial charge in [0.15, 0.2) is 0 Å². The van der Waals surface area contributed by atoms with E-state index in [0.29, 0.717) is 5.92 Å². The molecule has 0 spiro atoms. The molecule has 2 aliphatic carbocycles. The van der Waals surface area contributed by atoms with Crippen molar-refractivity contribution in [2.75, 3.05) is 13.6 Å². The summed E-state index contributed by atoms with van der Waals surface area (Å²) in [6.07, 6.45) is 7.06. The lowest BCUT2D eigenvalue weighted by atomic mass is 9.77.